The molecule has 2 unspecified atom stereocenters. The molecule has 2 atom stereocenters. The number of rotatable bonds is 3. The van der Waals surface area contributed by atoms with Crippen molar-refractivity contribution in [3.63, 3.8) is 0 Å². The van der Waals surface area contributed by atoms with Crippen LogP contribution in [0.15, 0.2) is 17.2 Å². The van der Waals surface area contributed by atoms with Crippen molar-refractivity contribution < 1.29 is 5.11 Å². The van der Waals surface area contributed by atoms with E-state index in [9.17, 15) is 9.90 Å². The van der Waals surface area contributed by atoms with Crippen molar-refractivity contribution in [2.24, 2.45) is 5.92 Å². The molecule has 1 aliphatic heterocycles. The lowest BCUT2D eigenvalue weighted by molar-refractivity contribution is 0.102. The number of aromatic nitrogens is 2. The Morgan fingerprint density at radius 3 is 3.00 bits per heavy atom. The fraction of sp³-hybridized carbons (Fsp3) is 0.692. The van der Waals surface area contributed by atoms with E-state index in [0.29, 0.717) is 24.8 Å². The quantitative estimate of drug-likeness (QED) is 0.865. The van der Waals surface area contributed by atoms with Gasteiger partial charge in [0.15, 0.2) is 5.82 Å². The molecule has 18 heavy (non-hydrogen) atoms. The molecule has 0 saturated carbocycles. The summed E-state index contributed by atoms with van der Waals surface area (Å²) in [6, 6.07) is 0. The van der Waals surface area contributed by atoms with E-state index in [1.807, 2.05) is 18.7 Å². The minimum Gasteiger partial charge on any atom is -0.391 e. The molecule has 1 N–H and O–H groups in total. The molecular weight excluding hydrogens is 230 g/mol. The Balaban J connectivity index is 2.23. The van der Waals surface area contributed by atoms with Gasteiger partial charge in [-0.15, -0.1) is 0 Å². The zero-order chi connectivity index (χ0) is 13.1. The lowest BCUT2D eigenvalue weighted by Gasteiger charge is -2.34. The van der Waals surface area contributed by atoms with Crippen LogP contribution in [0.25, 0.3) is 0 Å². The standard InChI is InChI=1S/C13H21N3O2/c1-3-6-15-8-5-14-12(13(15)18)16-7-4-10(2)11(17)9-16/h5,8,10-11,17H,3-4,6-7,9H2,1-2H3. The predicted molar refractivity (Wildman–Crippen MR) is 70.8 cm³/mol. The van der Waals surface area contributed by atoms with Crippen LogP contribution in [0, 0.1) is 5.92 Å². The molecule has 2 rings (SSSR count). The Morgan fingerprint density at radius 2 is 2.33 bits per heavy atom. The first kappa shape index (κ1) is 13.1. The molecule has 2 heterocycles. The van der Waals surface area contributed by atoms with Gasteiger partial charge in [-0.05, 0) is 18.8 Å². The van der Waals surface area contributed by atoms with Gasteiger partial charge in [0.25, 0.3) is 5.56 Å². The molecule has 1 aliphatic rings. The smallest absolute Gasteiger partial charge is 0.293 e. The number of β-amino-alcohol motifs (C(OH)–C–C–N with tert-alkyl or cyclic N) is 1. The molecule has 100 valence electrons. The summed E-state index contributed by atoms with van der Waals surface area (Å²) in [7, 11) is 0. The van der Waals surface area contributed by atoms with Crippen LogP contribution < -0.4 is 10.5 Å². The Labute approximate surface area is 107 Å². The molecule has 1 fully saturated rings. The Kier molecular flexibility index (Phi) is 4.01. The zero-order valence-electron chi connectivity index (χ0n) is 11.0. The third kappa shape index (κ3) is 2.56. The van der Waals surface area contributed by atoms with Gasteiger partial charge >= 0.3 is 0 Å². The third-order valence-corrected chi connectivity index (χ3v) is 3.58. The summed E-state index contributed by atoms with van der Waals surface area (Å²) in [5.41, 5.74) is -0.0545. The molecule has 1 saturated heterocycles. The normalized spacial score (nSPS) is 24.3. The molecular formula is C13H21N3O2. The van der Waals surface area contributed by atoms with Gasteiger partial charge in [0, 0.05) is 32.0 Å². The summed E-state index contributed by atoms with van der Waals surface area (Å²) in [6.45, 7) is 6.08. The van der Waals surface area contributed by atoms with Crippen LogP contribution >= 0.6 is 0 Å². The number of aliphatic hydroxyl groups excluding tert-OH is 1. The molecule has 0 radical (unpaired) electrons. The summed E-state index contributed by atoms with van der Waals surface area (Å²) < 4.78 is 1.69. The van der Waals surface area contributed by atoms with Crippen molar-refractivity contribution in [3.8, 4) is 0 Å². The summed E-state index contributed by atoms with van der Waals surface area (Å²) in [6.07, 6.45) is 4.82. The molecule has 5 heteroatoms. The fourth-order valence-corrected chi connectivity index (χ4v) is 2.31. The highest BCUT2D eigenvalue weighted by molar-refractivity contribution is 5.36. The minimum absolute atomic E-state index is 0.0545. The molecule has 0 aromatic carbocycles. The second-order valence-corrected chi connectivity index (χ2v) is 5.03. The van der Waals surface area contributed by atoms with E-state index in [4.69, 9.17) is 0 Å². The van der Waals surface area contributed by atoms with Crippen LogP contribution in [-0.2, 0) is 6.54 Å². The molecule has 5 nitrogen and oxygen atoms in total. The van der Waals surface area contributed by atoms with Crippen LogP contribution in [0.2, 0.25) is 0 Å². The molecule has 1 aromatic heterocycles. The fourth-order valence-electron chi connectivity index (χ4n) is 2.31. The van der Waals surface area contributed by atoms with E-state index in [0.717, 1.165) is 19.4 Å². The maximum atomic E-state index is 12.2. The van der Waals surface area contributed by atoms with Crippen LogP contribution in [-0.4, -0.2) is 33.9 Å². The van der Waals surface area contributed by atoms with E-state index in [1.54, 1.807) is 17.0 Å². The first-order valence-corrected chi connectivity index (χ1v) is 6.62. The van der Waals surface area contributed by atoms with E-state index < -0.39 is 0 Å². The summed E-state index contributed by atoms with van der Waals surface area (Å²) in [4.78, 5) is 18.3. The van der Waals surface area contributed by atoms with Gasteiger partial charge in [-0.25, -0.2) is 4.98 Å². The maximum Gasteiger partial charge on any atom is 0.293 e. The SMILES string of the molecule is CCCn1ccnc(N2CCC(C)C(O)C2)c1=O. The van der Waals surface area contributed by atoms with Crippen molar-refractivity contribution in [1.82, 2.24) is 9.55 Å². The zero-order valence-corrected chi connectivity index (χ0v) is 11.0. The van der Waals surface area contributed by atoms with Crippen molar-refractivity contribution in [2.75, 3.05) is 18.0 Å². The van der Waals surface area contributed by atoms with Gasteiger partial charge in [-0.1, -0.05) is 13.8 Å². The van der Waals surface area contributed by atoms with Crippen molar-refractivity contribution in [1.29, 1.82) is 0 Å². The molecule has 1 aromatic rings. The summed E-state index contributed by atoms with van der Waals surface area (Å²) in [5, 5.41) is 9.89. The Morgan fingerprint density at radius 1 is 1.56 bits per heavy atom. The number of hydrogen-bond donors (Lipinski definition) is 1. The minimum atomic E-state index is -0.375. The molecule has 0 spiro atoms. The average Bonchev–Trinajstić information content (AvgIpc) is 2.36. The van der Waals surface area contributed by atoms with E-state index >= 15 is 0 Å². The number of nitrogens with zero attached hydrogens (tertiary/aromatic N) is 3. The number of aliphatic hydroxyl groups is 1. The van der Waals surface area contributed by atoms with Crippen molar-refractivity contribution in [3.05, 3.63) is 22.7 Å². The summed E-state index contributed by atoms with van der Waals surface area (Å²) >= 11 is 0. The molecule has 0 bridgehead atoms. The maximum absolute atomic E-state index is 12.2. The lowest BCUT2D eigenvalue weighted by Crippen LogP contribution is -2.45. The van der Waals surface area contributed by atoms with Crippen molar-refractivity contribution in [2.45, 2.75) is 39.3 Å². The highest BCUT2D eigenvalue weighted by Crippen LogP contribution is 2.19. The van der Waals surface area contributed by atoms with E-state index in [-0.39, 0.29) is 11.7 Å². The van der Waals surface area contributed by atoms with Gasteiger partial charge in [0.05, 0.1) is 6.10 Å². The third-order valence-electron chi connectivity index (χ3n) is 3.58. The number of hydrogen-bond acceptors (Lipinski definition) is 4. The molecule has 0 amide bonds. The van der Waals surface area contributed by atoms with Crippen LogP contribution in [0.1, 0.15) is 26.7 Å². The van der Waals surface area contributed by atoms with Gasteiger partial charge in [-0.3, -0.25) is 4.79 Å². The van der Waals surface area contributed by atoms with E-state index in [1.165, 1.54) is 0 Å². The predicted octanol–water partition coefficient (Wildman–Crippen LogP) is 0.860. The van der Waals surface area contributed by atoms with Crippen molar-refractivity contribution >= 4 is 5.82 Å². The second-order valence-electron chi connectivity index (χ2n) is 5.03. The highest BCUT2D eigenvalue weighted by atomic mass is 16.3. The first-order valence-electron chi connectivity index (χ1n) is 6.62. The number of aryl methyl sites for hydroxylation is 1. The van der Waals surface area contributed by atoms with Gasteiger partial charge in [-0.2, -0.15) is 0 Å². The first-order chi connectivity index (χ1) is 8.63. The second kappa shape index (κ2) is 5.52. The van der Waals surface area contributed by atoms with Crippen LogP contribution in [0.4, 0.5) is 5.82 Å². The monoisotopic (exact) mass is 251 g/mol. The van der Waals surface area contributed by atoms with Gasteiger partial charge < -0.3 is 14.6 Å². The summed E-state index contributed by atoms with van der Waals surface area (Å²) in [5.74, 6) is 0.764. The van der Waals surface area contributed by atoms with E-state index in [2.05, 4.69) is 4.98 Å². The van der Waals surface area contributed by atoms with Crippen LogP contribution in [0.5, 0.6) is 0 Å². The average molecular weight is 251 g/mol. The Bertz CT molecular complexity index is 458. The Hall–Kier alpha value is -1.36. The van der Waals surface area contributed by atoms with Gasteiger partial charge in [0.1, 0.15) is 0 Å². The molecule has 0 aliphatic carbocycles. The topological polar surface area (TPSA) is 58.4 Å². The highest BCUT2D eigenvalue weighted by Gasteiger charge is 2.26. The number of piperidine rings is 1. The van der Waals surface area contributed by atoms with Crippen LogP contribution in [0.3, 0.4) is 0 Å². The van der Waals surface area contributed by atoms with Gasteiger partial charge in [0.2, 0.25) is 0 Å². The largest absolute Gasteiger partial charge is 0.391 e. The number of anilines is 1. The lowest BCUT2D eigenvalue weighted by atomic mass is 9.96.